The summed E-state index contributed by atoms with van der Waals surface area (Å²) >= 11 is 1.82. The Labute approximate surface area is 192 Å². The minimum atomic E-state index is -0.197. The van der Waals surface area contributed by atoms with Crippen molar-refractivity contribution in [2.75, 3.05) is 39.8 Å². The number of nitrogens with one attached hydrogen (secondary N) is 2. The Morgan fingerprint density at radius 3 is 2.79 bits per heavy atom. The van der Waals surface area contributed by atoms with Crippen LogP contribution in [0.15, 0.2) is 46.9 Å². The van der Waals surface area contributed by atoms with Crippen LogP contribution in [0.3, 0.4) is 0 Å². The van der Waals surface area contributed by atoms with E-state index in [0.29, 0.717) is 0 Å². The van der Waals surface area contributed by atoms with E-state index in [1.54, 1.807) is 12.1 Å². The summed E-state index contributed by atoms with van der Waals surface area (Å²) in [6, 6.07) is 9.19. The monoisotopic (exact) mass is 527 g/mol. The summed E-state index contributed by atoms with van der Waals surface area (Å²) < 4.78 is 13.5. The number of halogens is 2. The van der Waals surface area contributed by atoms with Gasteiger partial charge in [-0.15, -0.1) is 35.3 Å². The zero-order valence-electron chi connectivity index (χ0n) is 16.5. The number of benzene rings is 1. The van der Waals surface area contributed by atoms with E-state index in [1.807, 2.05) is 24.6 Å². The summed E-state index contributed by atoms with van der Waals surface area (Å²) in [5.41, 5.74) is 2.10. The highest BCUT2D eigenvalue weighted by Crippen LogP contribution is 2.19. The summed E-state index contributed by atoms with van der Waals surface area (Å²) in [6.07, 6.45) is 2.79. The first-order chi connectivity index (χ1) is 13.7. The molecule has 0 unspecified atom stereocenters. The first-order valence-electron chi connectivity index (χ1n) is 9.69. The number of rotatable bonds is 5. The Balaban J connectivity index is 0.00000240. The smallest absolute Gasteiger partial charge is 0.193 e. The second-order valence-electron chi connectivity index (χ2n) is 7.07. The molecule has 0 bridgehead atoms. The molecule has 0 spiro atoms. The number of aromatic nitrogens is 1. The van der Waals surface area contributed by atoms with Crippen molar-refractivity contribution < 1.29 is 4.39 Å². The van der Waals surface area contributed by atoms with Gasteiger partial charge in [0.25, 0.3) is 0 Å². The van der Waals surface area contributed by atoms with E-state index >= 15 is 0 Å². The van der Waals surface area contributed by atoms with E-state index in [9.17, 15) is 4.39 Å². The van der Waals surface area contributed by atoms with Crippen molar-refractivity contribution >= 4 is 52.2 Å². The van der Waals surface area contributed by atoms with Gasteiger partial charge in [0, 0.05) is 68.3 Å². The molecule has 3 heterocycles. The highest BCUT2D eigenvalue weighted by atomic mass is 127. The van der Waals surface area contributed by atoms with E-state index in [-0.39, 0.29) is 29.8 Å². The molecule has 0 aliphatic carbocycles. The lowest BCUT2D eigenvalue weighted by molar-refractivity contribution is 0.174. The number of H-pyrrole nitrogens is 1. The molecule has 0 radical (unpaired) electrons. The van der Waals surface area contributed by atoms with Crippen LogP contribution in [0.2, 0.25) is 0 Å². The maximum Gasteiger partial charge on any atom is 0.193 e. The quantitative estimate of drug-likeness (QED) is 0.301. The predicted molar refractivity (Wildman–Crippen MR) is 130 cm³/mol. The summed E-state index contributed by atoms with van der Waals surface area (Å²) in [5, 5.41) is 6.56. The van der Waals surface area contributed by atoms with Crippen molar-refractivity contribution in [3.05, 3.63) is 58.2 Å². The summed E-state index contributed by atoms with van der Waals surface area (Å²) in [5.74, 6) is 0.749. The molecule has 0 amide bonds. The van der Waals surface area contributed by atoms with Gasteiger partial charge in [-0.05, 0) is 41.6 Å². The average molecular weight is 527 g/mol. The minimum absolute atomic E-state index is 0. The normalized spacial score (nSPS) is 15.5. The van der Waals surface area contributed by atoms with E-state index in [0.717, 1.165) is 68.1 Å². The van der Waals surface area contributed by atoms with E-state index < -0.39 is 0 Å². The molecule has 2 aromatic heterocycles. The van der Waals surface area contributed by atoms with E-state index in [4.69, 9.17) is 0 Å². The first kappa shape index (κ1) is 22.0. The van der Waals surface area contributed by atoms with Crippen molar-refractivity contribution in [2.45, 2.75) is 13.0 Å². The van der Waals surface area contributed by atoms with Gasteiger partial charge in [-0.2, -0.15) is 0 Å². The fourth-order valence-corrected chi connectivity index (χ4v) is 4.49. The number of fused-ring (bicyclic) bond motifs is 1. The first-order valence-corrected chi connectivity index (χ1v) is 10.6. The number of piperazine rings is 1. The molecule has 0 atom stereocenters. The molecule has 1 aliphatic rings. The van der Waals surface area contributed by atoms with Crippen LogP contribution in [0.4, 0.5) is 4.39 Å². The Morgan fingerprint density at radius 1 is 1.24 bits per heavy atom. The largest absolute Gasteiger partial charge is 0.361 e. The molecule has 156 valence electrons. The van der Waals surface area contributed by atoms with Gasteiger partial charge in [0.2, 0.25) is 0 Å². The highest BCUT2D eigenvalue weighted by Gasteiger charge is 2.19. The van der Waals surface area contributed by atoms with Crippen molar-refractivity contribution in [3.8, 4) is 0 Å². The molecule has 1 saturated heterocycles. The number of guanidine groups is 1. The molecule has 2 N–H and O–H groups in total. The third-order valence-corrected chi connectivity index (χ3v) is 6.11. The van der Waals surface area contributed by atoms with Gasteiger partial charge in [-0.1, -0.05) is 6.07 Å². The summed E-state index contributed by atoms with van der Waals surface area (Å²) in [4.78, 5) is 13.9. The number of hydrogen-bond acceptors (Lipinski definition) is 3. The van der Waals surface area contributed by atoms with Crippen LogP contribution in [0, 0.1) is 5.82 Å². The predicted octanol–water partition coefficient (Wildman–Crippen LogP) is 3.92. The SMILES string of the molecule is CN=C(NCCc1c[nH]c2ccc(F)cc12)N1CCN(Cc2cccs2)CC1.I. The van der Waals surface area contributed by atoms with Gasteiger partial charge in [-0.3, -0.25) is 9.89 Å². The van der Waals surface area contributed by atoms with Crippen LogP contribution in [0.5, 0.6) is 0 Å². The zero-order chi connectivity index (χ0) is 19.3. The number of aromatic amines is 1. The number of nitrogens with zero attached hydrogens (tertiary/aromatic N) is 3. The molecule has 8 heteroatoms. The van der Waals surface area contributed by atoms with Gasteiger partial charge in [0.05, 0.1) is 0 Å². The van der Waals surface area contributed by atoms with Crippen LogP contribution < -0.4 is 5.32 Å². The lowest BCUT2D eigenvalue weighted by Gasteiger charge is -2.36. The molecular weight excluding hydrogens is 500 g/mol. The zero-order valence-corrected chi connectivity index (χ0v) is 19.7. The van der Waals surface area contributed by atoms with Gasteiger partial charge in [0.1, 0.15) is 5.82 Å². The van der Waals surface area contributed by atoms with Crippen molar-refractivity contribution in [1.82, 2.24) is 20.1 Å². The van der Waals surface area contributed by atoms with Crippen LogP contribution in [0.25, 0.3) is 10.9 Å². The van der Waals surface area contributed by atoms with Gasteiger partial charge < -0.3 is 15.2 Å². The molecule has 1 fully saturated rings. The molecule has 29 heavy (non-hydrogen) atoms. The summed E-state index contributed by atoms with van der Waals surface area (Å²) in [6.45, 7) is 5.84. The number of hydrogen-bond donors (Lipinski definition) is 2. The second kappa shape index (κ2) is 10.4. The fraction of sp³-hybridized carbons (Fsp3) is 0.381. The van der Waals surface area contributed by atoms with Gasteiger partial charge in [0.15, 0.2) is 5.96 Å². The van der Waals surface area contributed by atoms with Crippen molar-refractivity contribution in [1.29, 1.82) is 0 Å². The van der Waals surface area contributed by atoms with Gasteiger partial charge >= 0.3 is 0 Å². The lowest BCUT2D eigenvalue weighted by Crippen LogP contribution is -2.52. The Kier molecular flexibility index (Phi) is 7.91. The third kappa shape index (κ3) is 5.49. The standard InChI is InChI=1S/C21H26FN5S.HI/c1-23-21(27-10-8-26(9-11-27)15-18-3-2-12-28-18)24-7-6-16-14-25-20-5-4-17(22)13-19(16)20;/h2-5,12-14,25H,6-11,15H2,1H3,(H,23,24);1H. The Morgan fingerprint density at radius 2 is 2.07 bits per heavy atom. The van der Waals surface area contributed by atoms with E-state index in [1.165, 1.54) is 10.9 Å². The molecule has 3 aromatic rings. The van der Waals surface area contributed by atoms with Crippen LogP contribution >= 0.6 is 35.3 Å². The molecule has 1 aromatic carbocycles. The van der Waals surface area contributed by atoms with E-state index in [2.05, 4.69) is 42.6 Å². The van der Waals surface area contributed by atoms with Crippen molar-refractivity contribution in [2.24, 2.45) is 4.99 Å². The molecule has 1 aliphatic heterocycles. The van der Waals surface area contributed by atoms with Gasteiger partial charge in [-0.25, -0.2) is 4.39 Å². The topological polar surface area (TPSA) is 46.7 Å². The van der Waals surface area contributed by atoms with Crippen LogP contribution in [-0.2, 0) is 13.0 Å². The molecule has 5 nitrogen and oxygen atoms in total. The average Bonchev–Trinajstić information content (AvgIpc) is 3.36. The maximum atomic E-state index is 13.5. The minimum Gasteiger partial charge on any atom is -0.361 e. The highest BCUT2D eigenvalue weighted by molar-refractivity contribution is 14.0. The maximum absolute atomic E-state index is 13.5. The van der Waals surface area contributed by atoms with Crippen molar-refractivity contribution in [3.63, 3.8) is 0 Å². The van der Waals surface area contributed by atoms with Crippen LogP contribution in [0.1, 0.15) is 10.4 Å². The third-order valence-electron chi connectivity index (χ3n) is 5.25. The molecular formula is C21H27FIN5S. The Bertz CT molecular complexity index is 932. The van der Waals surface area contributed by atoms with Crippen LogP contribution in [-0.4, -0.2) is 60.5 Å². The number of aliphatic imine (C=N–C) groups is 1. The summed E-state index contributed by atoms with van der Waals surface area (Å²) in [7, 11) is 1.83. The fourth-order valence-electron chi connectivity index (χ4n) is 3.74. The molecule has 0 saturated carbocycles. The lowest BCUT2D eigenvalue weighted by atomic mass is 10.1. The molecule has 4 rings (SSSR count). The Hall–Kier alpha value is -1.65. The second-order valence-corrected chi connectivity index (χ2v) is 8.10. The number of thiophene rings is 1.